The Labute approximate surface area is 220 Å². The third-order valence-corrected chi connectivity index (χ3v) is 5.53. The number of para-hydroxylation sites is 2. The summed E-state index contributed by atoms with van der Waals surface area (Å²) in [6, 6.07) is 17.5. The predicted molar refractivity (Wildman–Crippen MR) is 143 cm³/mol. The molecule has 0 aliphatic carbocycles. The maximum Gasteiger partial charge on any atom is 0.263 e. The lowest BCUT2D eigenvalue weighted by atomic mass is 10.2. The minimum Gasteiger partial charge on any atom is -0.493 e. The van der Waals surface area contributed by atoms with E-state index in [0.717, 1.165) is 5.41 Å². The van der Waals surface area contributed by atoms with Crippen LogP contribution >= 0.6 is 0 Å². The molecule has 12 heteroatoms. The molecule has 0 aliphatic heterocycles. The average Bonchev–Trinajstić information content (AvgIpc) is 2.94. The van der Waals surface area contributed by atoms with Gasteiger partial charge >= 0.3 is 0 Å². The zero-order valence-electron chi connectivity index (χ0n) is 21.0. The van der Waals surface area contributed by atoms with Gasteiger partial charge in [-0.1, -0.05) is 42.5 Å². The quantitative estimate of drug-likeness (QED) is 0.319. The van der Waals surface area contributed by atoms with Crippen molar-refractivity contribution in [3.05, 3.63) is 84.0 Å². The fraction of sp³-hybridized carbons (Fsp3) is 0.154. The van der Waals surface area contributed by atoms with Crippen LogP contribution in [0, 0.1) is 0 Å². The number of benzene rings is 2. The number of anilines is 1. The van der Waals surface area contributed by atoms with Gasteiger partial charge in [0.05, 0.1) is 19.6 Å². The molecule has 0 aliphatic rings. The summed E-state index contributed by atoms with van der Waals surface area (Å²) < 4.78 is 45.0. The Morgan fingerprint density at radius 2 is 1.50 bits per heavy atom. The van der Waals surface area contributed by atoms with E-state index in [0.29, 0.717) is 17.1 Å². The fourth-order valence-corrected chi connectivity index (χ4v) is 3.77. The van der Waals surface area contributed by atoms with Crippen LogP contribution in [0.5, 0.6) is 23.1 Å². The van der Waals surface area contributed by atoms with E-state index < -0.39 is 10.0 Å². The Balaban J connectivity index is 0.00000127. The summed E-state index contributed by atoms with van der Waals surface area (Å²) >= 11 is 0. The van der Waals surface area contributed by atoms with Gasteiger partial charge in [-0.05, 0) is 36.8 Å². The molecule has 0 saturated carbocycles. The molecule has 0 radical (unpaired) electrons. The van der Waals surface area contributed by atoms with E-state index in [1.807, 2.05) is 6.07 Å². The van der Waals surface area contributed by atoms with Crippen molar-refractivity contribution in [2.24, 2.45) is 0 Å². The molecular weight excluding hydrogens is 510 g/mol. The van der Waals surface area contributed by atoms with E-state index >= 15 is 0 Å². The molecule has 11 nitrogen and oxygen atoms in total. The maximum absolute atomic E-state index is 12.9. The van der Waals surface area contributed by atoms with E-state index in [1.54, 1.807) is 61.5 Å². The lowest BCUT2D eigenvalue weighted by Gasteiger charge is -2.16. The first-order valence-corrected chi connectivity index (χ1v) is 12.9. The first-order valence-electron chi connectivity index (χ1n) is 11.3. The minimum absolute atomic E-state index is 0.0295. The second-order valence-electron chi connectivity index (χ2n) is 7.24. The highest BCUT2D eigenvalue weighted by Gasteiger charge is 2.23. The number of sulfonamides is 1. The number of methoxy groups -OCH3 is 2. The van der Waals surface area contributed by atoms with Crippen LogP contribution in [-0.4, -0.2) is 54.3 Å². The van der Waals surface area contributed by atoms with Crippen LogP contribution in [0.15, 0.2) is 78.5 Å². The molecule has 2 N–H and O–H groups in total. The summed E-state index contributed by atoms with van der Waals surface area (Å²) in [5, 5.41) is 8.60. The molecule has 2 heterocycles. The van der Waals surface area contributed by atoms with Crippen LogP contribution in [0.2, 0.25) is 0 Å². The van der Waals surface area contributed by atoms with Crippen molar-refractivity contribution < 1.29 is 27.7 Å². The van der Waals surface area contributed by atoms with Crippen LogP contribution in [-0.2, 0) is 10.0 Å². The van der Waals surface area contributed by atoms with Gasteiger partial charge in [0.2, 0.25) is 11.6 Å². The van der Waals surface area contributed by atoms with Crippen molar-refractivity contribution in [2.75, 3.05) is 25.5 Å². The fourth-order valence-electron chi connectivity index (χ4n) is 2.96. The molecule has 0 atom stereocenters. The van der Waals surface area contributed by atoms with Crippen molar-refractivity contribution in [3.8, 4) is 34.8 Å². The molecule has 0 saturated heterocycles. The first-order chi connectivity index (χ1) is 18.4. The van der Waals surface area contributed by atoms with Crippen LogP contribution in [0.1, 0.15) is 12.5 Å². The average molecular weight is 538 g/mol. The highest BCUT2D eigenvalue weighted by Crippen LogP contribution is 2.40. The molecule has 38 heavy (non-hydrogen) atoms. The van der Waals surface area contributed by atoms with Gasteiger partial charge in [0, 0.05) is 19.0 Å². The van der Waals surface area contributed by atoms with Crippen LogP contribution in [0.3, 0.4) is 0 Å². The molecule has 4 aromatic rings. The smallest absolute Gasteiger partial charge is 0.263 e. The van der Waals surface area contributed by atoms with Crippen molar-refractivity contribution in [1.82, 2.24) is 19.9 Å². The monoisotopic (exact) mass is 537 g/mol. The number of nitrogens with one attached hydrogen (secondary N) is 1. The summed E-state index contributed by atoms with van der Waals surface area (Å²) in [6.07, 6.45) is 4.50. The normalized spacial score (nSPS) is 10.8. The van der Waals surface area contributed by atoms with E-state index in [2.05, 4.69) is 24.7 Å². The third kappa shape index (κ3) is 7.72. The lowest BCUT2D eigenvalue weighted by Crippen LogP contribution is -2.13. The summed E-state index contributed by atoms with van der Waals surface area (Å²) in [4.78, 5) is 16.9. The molecular formula is C26H27N5O6S. The molecule has 0 fully saturated rings. The number of rotatable bonds is 9. The largest absolute Gasteiger partial charge is 0.493 e. The summed E-state index contributed by atoms with van der Waals surface area (Å²) in [6.45, 7) is 1.93. The zero-order valence-corrected chi connectivity index (χ0v) is 21.8. The van der Waals surface area contributed by atoms with Crippen molar-refractivity contribution in [1.29, 1.82) is 0 Å². The summed E-state index contributed by atoms with van der Waals surface area (Å²) in [7, 11) is -1.15. The number of aliphatic hydroxyl groups excluding tert-OH is 1. The standard InChI is InChI=1S/C24H21N5O5S.C2H6O/c1-32-18-11-6-7-12-19(18)34-20-21(29-35(30,31)16-13-17-9-4-3-5-10-17)27-23(28-24(20)33-2)22-25-14-8-15-26-22;1-2-3/h3-16H,1-2H3,(H,27,28,29);3H,2H2,1H3. The van der Waals surface area contributed by atoms with Crippen molar-refractivity contribution in [3.63, 3.8) is 0 Å². The summed E-state index contributed by atoms with van der Waals surface area (Å²) in [5.74, 6) is 0.688. The van der Waals surface area contributed by atoms with Crippen LogP contribution < -0.4 is 18.9 Å². The van der Waals surface area contributed by atoms with Gasteiger partial charge in [-0.15, -0.1) is 0 Å². The second-order valence-corrected chi connectivity index (χ2v) is 8.80. The number of hydrogen-bond donors (Lipinski definition) is 2. The zero-order chi connectivity index (χ0) is 27.4. The van der Waals surface area contributed by atoms with Gasteiger partial charge < -0.3 is 19.3 Å². The molecule has 2 aromatic carbocycles. The second kappa shape index (κ2) is 13.7. The van der Waals surface area contributed by atoms with Gasteiger partial charge in [0.1, 0.15) is 0 Å². The minimum atomic E-state index is -4.02. The number of hydrogen-bond acceptors (Lipinski definition) is 10. The molecule has 4 rings (SSSR count). The lowest BCUT2D eigenvalue weighted by molar-refractivity contribution is 0.318. The van der Waals surface area contributed by atoms with Crippen LogP contribution in [0.25, 0.3) is 17.7 Å². The molecule has 0 unspecified atom stereocenters. The Morgan fingerprint density at radius 1 is 0.868 bits per heavy atom. The van der Waals surface area contributed by atoms with Crippen molar-refractivity contribution >= 4 is 21.9 Å². The van der Waals surface area contributed by atoms with Gasteiger partial charge in [0.25, 0.3) is 15.9 Å². The molecule has 0 bridgehead atoms. The molecule has 2 aromatic heterocycles. The van der Waals surface area contributed by atoms with E-state index in [1.165, 1.54) is 32.7 Å². The molecule has 0 amide bonds. The van der Waals surface area contributed by atoms with Gasteiger partial charge in [-0.2, -0.15) is 4.98 Å². The highest BCUT2D eigenvalue weighted by molar-refractivity contribution is 7.95. The molecule has 0 spiro atoms. The van der Waals surface area contributed by atoms with Gasteiger partial charge in [-0.3, -0.25) is 4.72 Å². The Kier molecular flexibility index (Phi) is 10.1. The SMILES string of the molecule is CCO.COc1ccccc1Oc1c(NS(=O)(=O)C=Cc2ccccc2)nc(-c2ncccn2)nc1OC. The summed E-state index contributed by atoms with van der Waals surface area (Å²) in [5.41, 5.74) is 0.710. The topological polar surface area (TPSA) is 146 Å². The number of nitrogens with zero attached hydrogens (tertiary/aromatic N) is 4. The highest BCUT2D eigenvalue weighted by atomic mass is 32.2. The first kappa shape index (κ1) is 28.0. The molecule has 198 valence electrons. The Bertz CT molecular complexity index is 1450. The number of aliphatic hydroxyl groups is 1. The van der Waals surface area contributed by atoms with Gasteiger partial charge in [0.15, 0.2) is 23.1 Å². The number of ether oxygens (including phenoxy) is 3. The predicted octanol–water partition coefficient (Wildman–Crippen LogP) is 4.15. The Morgan fingerprint density at radius 3 is 2.13 bits per heavy atom. The van der Waals surface area contributed by atoms with E-state index in [4.69, 9.17) is 19.3 Å². The third-order valence-electron chi connectivity index (χ3n) is 4.55. The van der Waals surface area contributed by atoms with Crippen LogP contribution in [0.4, 0.5) is 5.82 Å². The maximum atomic E-state index is 12.9. The van der Waals surface area contributed by atoms with E-state index in [-0.39, 0.29) is 35.7 Å². The Hall–Kier alpha value is -4.55. The van der Waals surface area contributed by atoms with E-state index in [9.17, 15) is 8.42 Å². The number of aromatic nitrogens is 4. The van der Waals surface area contributed by atoms with Crippen molar-refractivity contribution in [2.45, 2.75) is 6.92 Å². The van der Waals surface area contributed by atoms with Gasteiger partial charge in [-0.25, -0.2) is 23.4 Å².